The fourth-order valence-corrected chi connectivity index (χ4v) is 6.00. The van der Waals surface area contributed by atoms with Crippen molar-refractivity contribution in [1.29, 1.82) is 0 Å². The number of aromatic nitrogens is 2. The first-order valence-corrected chi connectivity index (χ1v) is 13.9. The van der Waals surface area contributed by atoms with Crippen molar-refractivity contribution in [3.05, 3.63) is 64.8 Å². The molecule has 0 unspecified atom stereocenters. The second-order valence-electron chi connectivity index (χ2n) is 9.53. The molecule has 0 N–H and O–H groups in total. The predicted octanol–water partition coefficient (Wildman–Crippen LogP) is 5.20. The lowest BCUT2D eigenvalue weighted by Gasteiger charge is -2.34. The first kappa shape index (κ1) is 27.5. The SMILES string of the molecule is O=C1c2sc(-c3ccc(Cl)cc3)cc2N(OC(=O)C(F)(F)F)CN1c1ccc2c(c1)ncn2CCN1CCOCC1. The monoisotopic (exact) mass is 605 g/mol. The number of morpholine rings is 1. The van der Waals surface area contributed by atoms with Crippen LogP contribution in [0.5, 0.6) is 0 Å². The fraction of sp³-hybridized carbons (Fsp3) is 0.296. The van der Waals surface area contributed by atoms with Crippen molar-refractivity contribution in [2.24, 2.45) is 0 Å². The number of alkyl halides is 3. The molecule has 1 saturated heterocycles. The summed E-state index contributed by atoms with van der Waals surface area (Å²) in [6.07, 6.45) is -3.49. The zero-order chi connectivity index (χ0) is 28.7. The summed E-state index contributed by atoms with van der Waals surface area (Å²) in [6, 6.07) is 13.5. The van der Waals surface area contributed by atoms with Crippen molar-refractivity contribution in [2.45, 2.75) is 12.7 Å². The van der Waals surface area contributed by atoms with E-state index in [2.05, 4.69) is 9.88 Å². The summed E-state index contributed by atoms with van der Waals surface area (Å²) in [5.74, 6) is -2.82. The molecule has 9 nitrogen and oxygen atoms in total. The average Bonchev–Trinajstić information content (AvgIpc) is 3.59. The second kappa shape index (κ2) is 11.0. The zero-order valence-corrected chi connectivity index (χ0v) is 23.0. The number of fused-ring (bicyclic) bond motifs is 2. The number of carbonyl (C=O) groups is 2. The van der Waals surface area contributed by atoms with Crippen LogP contribution in [0.2, 0.25) is 5.02 Å². The fourth-order valence-electron chi connectivity index (χ4n) is 4.77. The number of halogens is 4. The van der Waals surface area contributed by atoms with Gasteiger partial charge in [0.1, 0.15) is 17.2 Å². The molecule has 0 aliphatic carbocycles. The number of carbonyl (C=O) groups excluding carboxylic acids is 2. The molecule has 2 aromatic heterocycles. The van der Waals surface area contributed by atoms with Gasteiger partial charge in [-0.2, -0.15) is 18.2 Å². The summed E-state index contributed by atoms with van der Waals surface area (Å²) >= 11 is 7.07. The molecule has 0 bridgehead atoms. The minimum absolute atomic E-state index is 0.0762. The maximum absolute atomic E-state index is 13.6. The molecule has 2 aliphatic heterocycles. The molecule has 1 fully saturated rings. The number of hydroxylamine groups is 1. The second-order valence-corrected chi connectivity index (χ2v) is 11.0. The first-order valence-electron chi connectivity index (χ1n) is 12.7. The highest BCUT2D eigenvalue weighted by Crippen LogP contribution is 2.42. The third-order valence-corrected chi connectivity index (χ3v) is 8.33. The van der Waals surface area contributed by atoms with Gasteiger partial charge in [0.05, 0.1) is 30.6 Å². The van der Waals surface area contributed by atoms with Crippen molar-refractivity contribution in [3.8, 4) is 10.4 Å². The molecule has 1 amide bonds. The summed E-state index contributed by atoms with van der Waals surface area (Å²) in [5.41, 5.74) is 2.66. The Kier molecular flexibility index (Phi) is 7.36. The quantitative estimate of drug-likeness (QED) is 0.299. The number of thiophene rings is 1. The van der Waals surface area contributed by atoms with E-state index in [1.165, 1.54) is 11.0 Å². The van der Waals surface area contributed by atoms with Crippen LogP contribution < -0.4 is 9.96 Å². The van der Waals surface area contributed by atoms with Crippen LogP contribution in [0.3, 0.4) is 0 Å². The van der Waals surface area contributed by atoms with Gasteiger partial charge in [-0.05, 0) is 42.0 Å². The van der Waals surface area contributed by atoms with E-state index < -0.39 is 24.7 Å². The van der Waals surface area contributed by atoms with Crippen LogP contribution in [-0.2, 0) is 20.9 Å². The van der Waals surface area contributed by atoms with Crippen LogP contribution in [0.15, 0.2) is 54.9 Å². The maximum atomic E-state index is 13.6. The van der Waals surface area contributed by atoms with Gasteiger partial charge in [0.2, 0.25) is 0 Å². The summed E-state index contributed by atoms with van der Waals surface area (Å²) < 4.78 is 46.8. The smallest absolute Gasteiger partial charge is 0.379 e. The number of nitrogens with zero attached hydrogens (tertiary/aromatic N) is 5. The van der Waals surface area contributed by atoms with Gasteiger partial charge in [0.25, 0.3) is 5.91 Å². The van der Waals surface area contributed by atoms with Crippen LogP contribution in [0, 0.1) is 0 Å². The van der Waals surface area contributed by atoms with Crippen molar-refractivity contribution >= 4 is 57.2 Å². The number of hydrogen-bond donors (Lipinski definition) is 0. The van der Waals surface area contributed by atoms with Crippen LogP contribution >= 0.6 is 22.9 Å². The van der Waals surface area contributed by atoms with E-state index in [1.807, 2.05) is 10.6 Å². The summed E-state index contributed by atoms with van der Waals surface area (Å²) in [5, 5.41) is 1.31. The molecule has 0 atom stereocenters. The summed E-state index contributed by atoms with van der Waals surface area (Å²) in [6.45, 7) is 4.26. The summed E-state index contributed by atoms with van der Waals surface area (Å²) in [7, 11) is 0. The molecule has 0 saturated carbocycles. The predicted molar refractivity (Wildman–Crippen MR) is 148 cm³/mol. The van der Waals surface area contributed by atoms with Crippen LogP contribution in [0.25, 0.3) is 21.5 Å². The molecular formula is C27H23ClF3N5O4S. The van der Waals surface area contributed by atoms with Gasteiger partial charge in [0.15, 0.2) is 0 Å². The van der Waals surface area contributed by atoms with Gasteiger partial charge in [-0.15, -0.1) is 11.3 Å². The Bertz CT molecular complexity index is 1600. The Labute approximate surface area is 241 Å². The standard InChI is InChI=1S/C27H23ClF3N5O4S/c28-18-3-1-17(2-4-18)23-14-22-24(41-23)25(37)35(16-36(22)40-26(38)27(29,30)31)19-5-6-21-20(13-19)32-15-34(21)8-7-33-9-11-39-12-10-33/h1-6,13-15H,7-12,16H2. The lowest BCUT2D eigenvalue weighted by molar-refractivity contribution is -0.201. The highest BCUT2D eigenvalue weighted by molar-refractivity contribution is 7.18. The van der Waals surface area contributed by atoms with Crippen molar-refractivity contribution in [1.82, 2.24) is 14.5 Å². The third kappa shape index (κ3) is 5.62. The topological polar surface area (TPSA) is 80.1 Å². The van der Waals surface area contributed by atoms with Crippen LogP contribution in [-0.4, -0.2) is 72.0 Å². The molecule has 2 aliphatic rings. The van der Waals surface area contributed by atoms with Gasteiger partial charge in [0, 0.05) is 41.8 Å². The molecule has 14 heteroatoms. The number of ether oxygens (including phenoxy) is 1. The van der Waals surface area contributed by atoms with E-state index >= 15 is 0 Å². The Morgan fingerprint density at radius 1 is 1.07 bits per heavy atom. The van der Waals surface area contributed by atoms with Gasteiger partial charge in [-0.1, -0.05) is 23.7 Å². The molecule has 6 rings (SSSR count). The lowest BCUT2D eigenvalue weighted by atomic mass is 10.1. The number of rotatable bonds is 6. The average molecular weight is 606 g/mol. The molecule has 0 spiro atoms. The molecule has 41 heavy (non-hydrogen) atoms. The summed E-state index contributed by atoms with van der Waals surface area (Å²) in [4.78, 5) is 39.0. The van der Waals surface area contributed by atoms with Crippen LogP contribution in [0.4, 0.5) is 24.5 Å². The van der Waals surface area contributed by atoms with E-state index in [4.69, 9.17) is 21.2 Å². The largest absolute Gasteiger partial charge is 0.493 e. The minimum Gasteiger partial charge on any atom is -0.379 e. The van der Waals surface area contributed by atoms with Crippen molar-refractivity contribution in [3.63, 3.8) is 0 Å². The van der Waals surface area contributed by atoms with Crippen molar-refractivity contribution in [2.75, 3.05) is 49.5 Å². The molecule has 2 aromatic carbocycles. The molecule has 4 heterocycles. The van der Waals surface area contributed by atoms with Gasteiger partial charge < -0.3 is 14.1 Å². The Balaban J connectivity index is 1.30. The lowest BCUT2D eigenvalue weighted by Crippen LogP contribution is -2.48. The van der Waals surface area contributed by atoms with Gasteiger partial charge >= 0.3 is 12.1 Å². The van der Waals surface area contributed by atoms with E-state index in [9.17, 15) is 22.8 Å². The van der Waals surface area contributed by atoms with E-state index in [0.29, 0.717) is 46.4 Å². The number of imidazole rings is 1. The molecule has 0 radical (unpaired) electrons. The Hall–Kier alpha value is -3.65. The highest BCUT2D eigenvalue weighted by atomic mass is 35.5. The first-order chi connectivity index (χ1) is 19.7. The number of amides is 1. The van der Waals surface area contributed by atoms with E-state index in [-0.39, 0.29) is 10.6 Å². The van der Waals surface area contributed by atoms with Gasteiger partial charge in [-0.3, -0.25) is 14.6 Å². The van der Waals surface area contributed by atoms with Crippen molar-refractivity contribution < 1.29 is 32.3 Å². The maximum Gasteiger partial charge on any atom is 0.493 e. The molecule has 4 aromatic rings. The molecular weight excluding hydrogens is 583 g/mol. The Morgan fingerprint density at radius 2 is 1.83 bits per heavy atom. The normalized spacial score (nSPS) is 16.3. The van der Waals surface area contributed by atoms with E-state index in [0.717, 1.165) is 41.6 Å². The number of hydrogen-bond acceptors (Lipinski definition) is 8. The molecule has 214 valence electrons. The van der Waals surface area contributed by atoms with Gasteiger partial charge in [-0.25, -0.2) is 9.78 Å². The van der Waals surface area contributed by atoms with E-state index in [1.54, 1.807) is 42.7 Å². The number of anilines is 2. The third-order valence-electron chi connectivity index (χ3n) is 6.92. The highest BCUT2D eigenvalue weighted by Gasteiger charge is 2.45. The Morgan fingerprint density at radius 3 is 2.56 bits per heavy atom. The minimum atomic E-state index is -5.21. The number of benzene rings is 2. The van der Waals surface area contributed by atoms with Crippen LogP contribution in [0.1, 0.15) is 9.67 Å². The zero-order valence-electron chi connectivity index (χ0n) is 21.4.